The van der Waals surface area contributed by atoms with Gasteiger partial charge in [0.15, 0.2) is 5.82 Å². The molecule has 0 saturated carbocycles. The van der Waals surface area contributed by atoms with E-state index in [-0.39, 0.29) is 23.7 Å². The number of aromatic nitrogens is 2. The second-order valence-electron chi connectivity index (χ2n) is 9.98. The van der Waals surface area contributed by atoms with Crippen molar-refractivity contribution in [1.82, 2.24) is 19.9 Å². The minimum Gasteiger partial charge on any atom is -0.492 e. The van der Waals surface area contributed by atoms with Gasteiger partial charge in [0.25, 0.3) is 11.8 Å². The molecular formula is C26H32ClN5O3S. The van der Waals surface area contributed by atoms with E-state index in [1.807, 2.05) is 66.1 Å². The Morgan fingerprint density at radius 2 is 1.75 bits per heavy atom. The van der Waals surface area contributed by atoms with Crippen molar-refractivity contribution in [2.24, 2.45) is 0 Å². The molecule has 36 heavy (non-hydrogen) atoms. The molecule has 192 valence electrons. The first-order chi connectivity index (χ1) is 16.5. The fraction of sp³-hybridized carbons (Fsp3) is 0.385. The number of hydrogen-bond acceptors (Lipinski definition) is 8. The molecule has 2 amide bonds. The van der Waals surface area contributed by atoms with Gasteiger partial charge < -0.3 is 9.64 Å². The fourth-order valence-electron chi connectivity index (χ4n) is 3.68. The summed E-state index contributed by atoms with van der Waals surface area (Å²) >= 11 is 1.57. The van der Waals surface area contributed by atoms with Crippen molar-refractivity contribution < 1.29 is 14.3 Å². The summed E-state index contributed by atoms with van der Waals surface area (Å²) in [5, 5.41) is 1.81. The third-order valence-electron chi connectivity index (χ3n) is 5.70. The topological polar surface area (TPSA) is 87.7 Å². The first kappa shape index (κ1) is 27.6. The lowest BCUT2D eigenvalue weighted by Gasteiger charge is -2.21. The summed E-state index contributed by atoms with van der Waals surface area (Å²) in [5.74, 6) is 1.12. The van der Waals surface area contributed by atoms with Gasteiger partial charge in [0.05, 0.1) is 5.39 Å². The number of anilines is 1. The number of halogens is 1. The van der Waals surface area contributed by atoms with Crippen LogP contribution in [-0.2, 0) is 15.0 Å². The molecule has 0 unspecified atom stereocenters. The van der Waals surface area contributed by atoms with E-state index in [0.29, 0.717) is 23.8 Å². The van der Waals surface area contributed by atoms with Gasteiger partial charge in [-0.25, -0.2) is 9.97 Å². The van der Waals surface area contributed by atoms with Gasteiger partial charge in [-0.3, -0.25) is 15.0 Å². The molecule has 0 fully saturated rings. The Morgan fingerprint density at radius 3 is 2.31 bits per heavy atom. The van der Waals surface area contributed by atoms with E-state index in [9.17, 15) is 9.59 Å². The van der Waals surface area contributed by atoms with Gasteiger partial charge in [0.1, 0.15) is 23.0 Å². The van der Waals surface area contributed by atoms with Gasteiger partial charge >= 0.3 is 0 Å². The van der Waals surface area contributed by atoms with Crippen LogP contribution in [-0.4, -0.2) is 58.9 Å². The van der Waals surface area contributed by atoms with Gasteiger partial charge in [-0.2, -0.15) is 5.01 Å². The molecule has 1 aromatic carbocycles. The Hall–Kier alpha value is -3.01. The summed E-state index contributed by atoms with van der Waals surface area (Å²) in [6.45, 7) is 11.2. The van der Waals surface area contributed by atoms with Crippen molar-refractivity contribution in [3.8, 4) is 16.2 Å². The molecule has 8 nitrogen and oxygen atoms in total. The summed E-state index contributed by atoms with van der Waals surface area (Å²) in [6.07, 6.45) is 1.33. The number of carbonyl (C=O) groups is 2. The highest BCUT2D eigenvalue weighted by atomic mass is 35.5. The van der Waals surface area contributed by atoms with E-state index in [1.165, 1.54) is 6.08 Å². The monoisotopic (exact) mass is 529 g/mol. The van der Waals surface area contributed by atoms with Gasteiger partial charge in [-0.15, -0.1) is 23.7 Å². The van der Waals surface area contributed by atoms with Crippen molar-refractivity contribution in [3.63, 3.8) is 0 Å². The Bertz CT molecular complexity index is 1330. The van der Waals surface area contributed by atoms with Crippen LogP contribution >= 0.6 is 23.7 Å². The van der Waals surface area contributed by atoms with Crippen molar-refractivity contribution in [1.29, 1.82) is 0 Å². The van der Waals surface area contributed by atoms with Crippen LogP contribution in [0.4, 0.5) is 5.82 Å². The highest BCUT2D eigenvalue weighted by Gasteiger charge is 2.31. The maximum Gasteiger partial charge on any atom is 0.275 e. The number of aryl methyl sites for hydroxylation is 1. The van der Waals surface area contributed by atoms with Crippen LogP contribution in [0.2, 0.25) is 0 Å². The van der Waals surface area contributed by atoms with E-state index in [2.05, 4.69) is 10.3 Å². The van der Waals surface area contributed by atoms with Crippen molar-refractivity contribution in [3.05, 3.63) is 47.3 Å². The molecule has 0 atom stereocenters. The van der Waals surface area contributed by atoms with E-state index < -0.39 is 5.91 Å². The molecule has 4 rings (SSSR count). The minimum absolute atomic E-state index is 0. The number of hydrogen-bond donors (Lipinski definition) is 1. The molecule has 3 heterocycles. The van der Waals surface area contributed by atoms with Crippen molar-refractivity contribution >= 4 is 51.6 Å². The molecule has 1 N–H and O–H groups in total. The Balaban J connectivity index is 0.00000361. The van der Waals surface area contributed by atoms with Gasteiger partial charge in [-0.05, 0) is 63.3 Å². The number of amides is 2. The highest BCUT2D eigenvalue weighted by molar-refractivity contribution is 7.22. The van der Waals surface area contributed by atoms with Gasteiger partial charge in [-0.1, -0.05) is 20.8 Å². The lowest BCUT2D eigenvalue weighted by Crippen LogP contribution is -2.37. The first-order valence-electron chi connectivity index (χ1n) is 11.5. The Kier molecular flexibility index (Phi) is 8.07. The summed E-state index contributed by atoms with van der Waals surface area (Å²) < 4.78 is 5.83. The van der Waals surface area contributed by atoms with Crippen LogP contribution in [0.25, 0.3) is 20.7 Å². The van der Waals surface area contributed by atoms with Crippen LogP contribution < -0.4 is 10.2 Å². The number of benzene rings is 1. The van der Waals surface area contributed by atoms with Gasteiger partial charge in [0.2, 0.25) is 0 Å². The zero-order valence-electron chi connectivity index (χ0n) is 21.6. The molecule has 0 radical (unpaired) electrons. The largest absolute Gasteiger partial charge is 0.492 e. The Morgan fingerprint density at radius 1 is 1.08 bits per heavy atom. The third kappa shape index (κ3) is 5.53. The SMILES string of the molecule is CC1=CC(=O)N(Nc2nc(C(C)(C)C)nc3sc(-c4ccc(OCCN(C)C)cc4)c(C)c23)C1=O.Cl. The van der Waals surface area contributed by atoms with Gasteiger partial charge in [0, 0.05) is 28.5 Å². The molecule has 0 spiro atoms. The van der Waals surface area contributed by atoms with E-state index >= 15 is 0 Å². The quantitative estimate of drug-likeness (QED) is 0.432. The van der Waals surface area contributed by atoms with E-state index in [4.69, 9.17) is 14.7 Å². The molecular weight excluding hydrogens is 498 g/mol. The van der Waals surface area contributed by atoms with Crippen molar-refractivity contribution in [2.45, 2.75) is 40.0 Å². The zero-order valence-corrected chi connectivity index (χ0v) is 23.3. The summed E-state index contributed by atoms with van der Waals surface area (Å²) in [5.41, 5.74) is 5.08. The maximum atomic E-state index is 12.5. The molecule has 1 aliphatic heterocycles. The Labute approximate surface area is 221 Å². The predicted molar refractivity (Wildman–Crippen MR) is 147 cm³/mol. The molecule has 0 saturated heterocycles. The normalized spacial score (nSPS) is 13.9. The number of imide groups is 1. The third-order valence-corrected chi connectivity index (χ3v) is 6.94. The highest BCUT2D eigenvalue weighted by Crippen LogP contribution is 2.41. The van der Waals surface area contributed by atoms with E-state index in [1.54, 1.807) is 18.3 Å². The zero-order chi connectivity index (χ0) is 25.5. The van der Waals surface area contributed by atoms with Crippen LogP contribution in [0.5, 0.6) is 5.75 Å². The summed E-state index contributed by atoms with van der Waals surface area (Å²) in [7, 11) is 4.03. The average molecular weight is 530 g/mol. The second-order valence-corrected chi connectivity index (χ2v) is 11.0. The lowest BCUT2D eigenvalue weighted by atomic mass is 9.95. The number of carbonyl (C=O) groups excluding carboxylic acids is 2. The number of ether oxygens (including phenoxy) is 1. The number of nitrogens with zero attached hydrogens (tertiary/aromatic N) is 4. The maximum absolute atomic E-state index is 12.5. The number of rotatable bonds is 7. The first-order valence-corrected chi connectivity index (χ1v) is 12.3. The van der Waals surface area contributed by atoms with Crippen LogP contribution in [0.15, 0.2) is 35.9 Å². The summed E-state index contributed by atoms with van der Waals surface area (Å²) in [6, 6.07) is 8.01. The molecule has 3 aromatic rings. The number of likely N-dealkylation sites (N-methyl/N-ethyl adjacent to an activating group) is 1. The van der Waals surface area contributed by atoms with Crippen LogP contribution in [0.1, 0.15) is 39.1 Å². The smallest absolute Gasteiger partial charge is 0.275 e. The number of hydrazine groups is 1. The fourth-order valence-corrected chi connectivity index (χ4v) is 4.87. The van der Waals surface area contributed by atoms with Crippen LogP contribution in [0.3, 0.4) is 0 Å². The number of thiophene rings is 1. The average Bonchev–Trinajstić information content (AvgIpc) is 3.24. The van der Waals surface area contributed by atoms with Crippen molar-refractivity contribution in [2.75, 3.05) is 32.7 Å². The van der Waals surface area contributed by atoms with E-state index in [0.717, 1.165) is 43.5 Å². The molecule has 0 bridgehead atoms. The molecule has 1 aliphatic rings. The molecule has 10 heteroatoms. The number of nitrogens with one attached hydrogen (secondary N) is 1. The molecule has 2 aromatic heterocycles. The standard InChI is InChI=1S/C26H31N5O3S.ClH/c1-15-14-19(32)31(24(15)33)29-22-20-16(2)21(35-23(20)28-25(27-22)26(3,4)5)17-8-10-18(11-9-17)34-13-12-30(6)7;/h8-11,14H,12-13H2,1-7H3,(H,27,28,29);1H. The summed E-state index contributed by atoms with van der Waals surface area (Å²) in [4.78, 5) is 38.4. The lowest BCUT2D eigenvalue weighted by molar-refractivity contribution is -0.135. The van der Waals surface area contributed by atoms with Crippen LogP contribution in [0, 0.1) is 6.92 Å². The molecule has 0 aliphatic carbocycles. The minimum atomic E-state index is -0.408. The number of fused-ring (bicyclic) bond motifs is 1. The predicted octanol–water partition coefficient (Wildman–Crippen LogP) is 4.97. The second kappa shape index (κ2) is 10.5.